The van der Waals surface area contributed by atoms with Gasteiger partial charge in [0.1, 0.15) is 18.2 Å². The first-order chi connectivity index (χ1) is 11.9. The van der Waals surface area contributed by atoms with Gasteiger partial charge in [-0.15, -0.1) is 4.40 Å². The van der Waals surface area contributed by atoms with E-state index in [1.54, 1.807) is 18.2 Å². The van der Waals surface area contributed by atoms with Crippen molar-refractivity contribution in [1.29, 1.82) is 0 Å². The summed E-state index contributed by atoms with van der Waals surface area (Å²) in [6.45, 7) is 3.00. The first kappa shape index (κ1) is 17.7. The number of sulfonamides is 1. The standard InChI is InChI=1S/C17H23N3O4S/c1-2-3-9-19-16(21)17(7-8-17)11-24-13-6-4-5-12-10-25(22,23)20-15(18)14(12)13/h4-6H,2-3,7-11H2,1H3,(H2,18,20)(H,19,21). The molecule has 136 valence electrons. The van der Waals surface area contributed by atoms with E-state index >= 15 is 0 Å². The minimum absolute atomic E-state index is 0.0231. The summed E-state index contributed by atoms with van der Waals surface area (Å²) >= 11 is 0. The van der Waals surface area contributed by atoms with Gasteiger partial charge in [-0.1, -0.05) is 25.5 Å². The van der Waals surface area contributed by atoms with Crippen molar-refractivity contribution in [3.63, 3.8) is 0 Å². The molecule has 1 aliphatic carbocycles. The van der Waals surface area contributed by atoms with Crippen LogP contribution >= 0.6 is 0 Å². The van der Waals surface area contributed by atoms with Gasteiger partial charge in [-0.05, 0) is 30.9 Å². The van der Waals surface area contributed by atoms with Crippen LogP contribution < -0.4 is 15.8 Å². The van der Waals surface area contributed by atoms with Gasteiger partial charge in [0.05, 0.1) is 16.7 Å². The van der Waals surface area contributed by atoms with Crippen molar-refractivity contribution in [2.75, 3.05) is 13.2 Å². The summed E-state index contributed by atoms with van der Waals surface area (Å²) in [7, 11) is -3.58. The van der Waals surface area contributed by atoms with Crippen molar-refractivity contribution in [3.05, 3.63) is 29.3 Å². The Morgan fingerprint density at radius 1 is 1.40 bits per heavy atom. The van der Waals surface area contributed by atoms with Gasteiger partial charge in [-0.3, -0.25) is 4.79 Å². The lowest BCUT2D eigenvalue weighted by atomic mass is 10.1. The van der Waals surface area contributed by atoms with Crippen LogP contribution in [0.5, 0.6) is 5.75 Å². The molecule has 0 aromatic heterocycles. The molecule has 1 aromatic carbocycles. The van der Waals surface area contributed by atoms with Crippen LogP contribution in [0.1, 0.15) is 43.7 Å². The maximum atomic E-state index is 12.3. The molecule has 25 heavy (non-hydrogen) atoms. The largest absolute Gasteiger partial charge is 0.492 e. The molecule has 3 rings (SSSR count). The summed E-state index contributed by atoms with van der Waals surface area (Å²) in [4.78, 5) is 12.3. The maximum absolute atomic E-state index is 12.3. The summed E-state index contributed by atoms with van der Waals surface area (Å²) in [5, 5.41) is 2.96. The van der Waals surface area contributed by atoms with Gasteiger partial charge in [-0.25, -0.2) is 8.42 Å². The Labute approximate surface area is 147 Å². The minimum atomic E-state index is -3.58. The average molecular weight is 365 g/mol. The number of ether oxygens (including phenoxy) is 1. The Bertz CT molecular complexity index is 813. The molecular formula is C17H23N3O4S. The Kier molecular flexibility index (Phi) is 4.73. The molecule has 0 spiro atoms. The molecule has 0 radical (unpaired) electrons. The summed E-state index contributed by atoms with van der Waals surface area (Å²) in [6.07, 6.45) is 3.56. The highest BCUT2D eigenvalue weighted by atomic mass is 32.2. The molecular weight excluding hydrogens is 342 g/mol. The molecule has 1 fully saturated rings. The van der Waals surface area contributed by atoms with Crippen LogP contribution in [-0.2, 0) is 20.6 Å². The van der Waals surface area contributed by atoms with E-state index < -0.39 is 15.4 Å². The normalized spacial score (nSPS) is 19.5. The molecule has 0 atom stereocenters. The van der Waals surface area contributed by atoms with Gasteiger partial charge in [0.25, 0.3) is 10.0 Å². The van der Waals surface area contributed by atoms with Crippen LogP contribution in [0.15, 0.2) is 22.6 Å². The van der Waals surface area contributed by atoms with Gasteiger partial charge < -0.3 is 15.8 Å². The molecule has 8 heteroatoms. The van der Waals surface area contributed by atoms with Crippen molar-refractivity contribution in [2.45, 2.75) is 38.4 Å². The third-order valence-corrected chi connectivity index (χ3v) is 5.75. The van der Waals surface area contributed by atoms with Gasteiger partial charge in [0.15, 0.2) is 0 Å². The molecule has 0 saturated heterocycles. The summed E-state index contributed by atoms with van der Waals surface area (Å²) in [5.41, 5.74) is 6.43. The predicted molar refractivity (Wildman–Crippen MR) is 94.9 cm³/mol. The highest BCUT2D eigenvalue weighted by Gasteiger charge is 2.50. The quantitative estimate of drug-likeness (QED) is 0.708. The SMILES string of the molecule is CCCCNC(=O)C1(COc2cccc3c2C(N)=NS(=O)(=O)C3)CC1. The monoisotopic (exact) mass is 365 g/mol. The van der Waals surface area contributed by atoms with E-state index in [2.05, 4.69) is 16.6 Å². The van der Waals surface area contributed by atoms with E-state index in [4.69, 9.17) is 10.5 Å². The van der Waals surface area contributed by atoms with Crippen molar-refractivity contribution in [1.82, 2.24) is 5.32 Å². The Morgan fingerprint density at radius 3 is 2.84 bits per heavy atom. The molecule has 3 N–H and O–H groups in total. The number of hydrogen-bond donors (Lipinski definition) is 2. The number of benzene rings is 1. The zero-order chi connectivity index (χ0) is 18.1. The third-order valence-electron chi connectivity index (χ3n) is 4.60. The number of nitrogens with zero attached hydrogens (tertiary/aromatic N) is 1. The number of amidine groups is 1. The zero-order valence-corrected chi connectivity index (χ0v) is 15.1. The smallest absolute Gasteiger partial charge is 0.259 e. The van der Waals surface area contributed by atoms with Crippen molar-refractivity contribution >= 4 is 21.8 Å². The van der Waals surface area contributed by atoms with E-state index in [-0.39, 0.29) is 24.1 Å². The zero-order valence-electron chi connectivity index (χ0n) is 14.2. The lowest BCUT2D eigenvalue weighted by molar-refractivity contribution is -0.127. The molecule has 1 aromatic rings. The topological polar surface area (TPSA) is 111 Å². The van der Waals surface area contributed by atoms with Crippen LogP contribution in [0, 0.1) is 5.41 Å². The number of amides is 1. The van der Waals surface area contributed by atoms with E-state index in [1.807, 2.05) is 0 Å². The van der Waals surface area contributed by atoms with Crippen LogP contribution in [0.25, 0.3) is 0 Å². The first-order valence-corrected chi connectivity index (χ1v) is 10.1. The van der Waals surface area contributed by atoms with E-state index in [0.717, 1.165) is 25.7 Å². The fraction of sp³-hybridized carbons (Fsp3) is 0.529. The first-order valence-electron chi connectivity index (χ1n) is 8.48. The van der Waals surface area contributed by atoms with E-state index in [0.29, 0.717) is 23.4 Å². The number of rotatable bonds is 7. The number of fused-ring (bicyclic) bond motifs is 1. The van der Waals surface area contributed by atoms with Gasteiger partial charge >= 0.3 is 0 Å². The summed E-state index contributed by atoms with van der Waals surface area (Å²) < 4.78 is 32.9. The Hall–Kier alpha value is -2.09. The van der Waals surface area contributed by atoms with E-state index in [1.165, 1.54) is 0 Å². The number of hydrogen-bond acceptors (Lipinski definition) is 5. The van der Waals surface area contributed by atoms with Crippen molar-refractivity contribution in [2.24, 2.45) is 15.5 Å². The number of nitrogens with one attached hydrogen (secondary N) is 1. The van der Waals surface area contributed by atoms with Crippen LogP contribution in [0.3, 0.4) is 0 Å². The Balaban J connectivity index is 1.72. The lowest BCUT2D eigenvalue weighted by Crippen LogP contribution is -2.36. The minimum Gasteiger partial charge on any atom is -0.492 e. The molecule has 0 bridgehead atoms. The molecule has 1 heterocycles. The number of carbonyl (C=O) groups is 1. The summed E-state index contributed by atoms with van der Waals surface area (Å²) in [6, 6.07) is 5.15. The van der Waals surface area contributed by atoms with Crippen LogP contribution in [0.4, 0.5) is 0 Å². The highest BCUT2D eigenvalue weighted by molar-refractivity contribution is 7.89. The van der Waals surface area contributed by atoms with Gasteiger partial charge in [0.2, 0.25) is 5.91 Å². The molecule has 1 saturated carbocycles. The van der Waals surface area contributed by atoms with Crippen molar-refractivity contribution < 1.29 is 17.9 Å². The van der Waals surface area contributed by atoms with Crippen LogP contribution in [-0.4, -0.2) is 33.3 Å². The van der Waals surface area contributed by atoms with Crippen molar-refractivity contribution in [3.8, 4) is 5.75 Å². The molecule has 1 amide bonds. The second kappa shape index (κ2) is 6.67. The fourth-order valence-corrected chi connectivity index (χ4v) is 3.99. The highest BCUT2D eigenvalue weighted by Crippen LogP contribution is 2.46. The lowest BCUT2D eigenvalue weighted by Gasteiger charge is -2.20. The third kappa shape index (κ3) is 3.78. The van der Waals surface area contributed by atoms with E-state index in [9.17, 15) is 13.2 Å². The number of nitrogens with two attached hydrogens (primary N) is 1. The fourth-order valence-electron chi connectivity index (χ4n) is 2.90. The van der Waals surface area contributed by atoms with Crippen LogP contribution in [0.2, 0.25) is 0 Å². The maximum Gasteiger partial charge on any atom is 0.259 e. The molecule has 7 nitrogen and oxygen atoms in total. The van der Waals surface area contributed by atoms with Gasteiger partial charge in [-0.2, -0.15) is 0 Å². The Morgan fingerprint density at radius 2 is 2.16 bits per heavy atom. The molecule has 0 unspecified atom stereocenters. The average Bonchev–Trinajstić information content (AvgIpc) is 3.32. The van der Waals surface area contributed by atoms with Gasteiger partial charge in [0, 0.05) is 6.54 Å². The second-order valence-corrected chi connectivity index (χ2v) is 8.31. The molecule has 1 aliphatic heterocycles. The number of unbranched alkanes of at least 4 members (excludes halogenated alkanes) is 1. The number of carbonyl (C=O) groups excluding carboxylic acids is 1. The second-order valence-electron chi connectivity index (χ2n) is 6.67. The summed E-state index contributed by atoms with van der Waals surface area (Å²) in [5.74, 6) is 0.244. The molecule has 2 aliphatic rings. The predicted octanol–water partition coefficient (Wildman–Crippen LogP) is 1.31.